The van der Waals surface area contributed by atoms with Gasteiger partial charge in [0.25, 0.3) is 0 Å². The summed E-state index contributed by atoms with van der Waals surface area (Å²) in [7, 11) is 1.63. The lowest BCUT2D eigenvalue weighted by atomic mass is 9.88. The normalized spacial score (nSPS) is 13.8. The zero-order valence-electron chi connectivity index (χ0n) is 12.4. The standard InChI is InChI=1S/C18H22O2/c1-4-14-9-11-15(12-10-14)13-18(2,19)16-7-5-6-8-17(16)20-3/h5-12,19H,4,13H2,1-3H3. The molecule has 0 amide bonds. The summed E-state index contributed by atoms with van der Waals surface area (Å²) < 4.78 is 5.35. The van der Waals surface area contributed by atoms with E-state index in [1.54, 1.807) is 7.11 Å². The Bertz CT molecular complexity index is 556. The highest BCUT2D eigenvalue weighted by Crippen LogP contribution is 2.32. The van der Waals surface area contributed by atoms with Crippen molar-refractivity contribution in [3.63, 3.8) is 0 Å². The van der Waals surface area contributed by atoms with Crippen LogP contribution in [0.1, 0.15) is 30.5 Å². The third kappa shape index (κ3) is 3.20. The van der Waals surface area contributed by atoms with Gasteiger partial charge < -0.3 is 9.84 Å². The van der Waals surface area contributed by atoms with Gasteiger partial charge in [-0.1, -0.05) is 49.4 Å². The molecule has 1 atom stereocenters. The van der Waals surface area contributed by atoms with E-state index < -0.39 is 5.60 Å². The smallest absolute Gasteiger partial charge is 0.124 e. The second-order valence-electron chi connectivity index (χ2n) is 5.32. The van der Waals surface area contributed by atoms with Crippen LogP contribution in [0.2, 0.25) is 0 Å². The lowest BCUT2D eigenvalue weighted by molar-refractivity contribution is 0.0549. The van der Waals surface area contributed by atoms with Gasteiger partial charge >= 0.3 is 0 Å². The molecule has 0 heterocycles. The molecule has 0 aliphatic rings. The van der Waals surface area contributed by atoms with Gasteiger partial charge in [0.1, 0.15) is 5.75 Å². The van der Waals surface area contributed by atoms with E-state index in [4.69, 9.17) is 4.74 Å². The minimum atomic E-state index is -0.944. The van der Waals surface area contributed by atoms with Crippen LogP contribution in [0.3, 0.4) is 0 Å². The van der Waals surface area contributed by atoms with Gasteiger partial charge in [0.05, 0.1) is 12.7 Å². The van der Waals surface area contributed by atoms with Gasteiger partial charge in [-0.15, -0.1) is 0 Å². The van der Waals surface area contributed by atoms with Gasteiger partial charge in [0, 0.05) is 12.0 Å². The number of ether oxygens (including phenoxy) is 1. The average Bonchev–Trinajstić information content (AvgIpc) is 2.47. The van der Waals surface area contributed by atoms with Crippen molar-refractivity contribution in [2.45, 2.75) is 32.3 Å². The molecule has 0 radical (unpaired) electrons. The molecule has 2 aromatic carbocycles. The van der Waals surface area contributed by atoms with E-state index in [-0.39, 0.29) is 0 Å². The molecule has 0 saturated heterocycles. The minimum Gasteiger partial charge on any atom is -0.496 e. The number of benzene rings is 2. The van der Waals surface area contributed by atoms with Gasteiger partial charge in [-0.3, -0.25) is 0 Å². The van der Waals surface area contributed by atoms with E-state index in [0.29, 0.717) is 6.42 Å². The van der Waals surface area contributed by atoms with Crippen LogP contribution in [-0.4, -0.2) is 12.2 Å². The maximum absolute atomic E-state index is 10.8. The van der Waals surface area contributed by atoms with Crippen LogP contribution in [-0.2, 0) is 18.4 Å². The van der Waals surface area contributed by atoms with Crippen LogP contribution < -0.4 is 4.74 Å². The van der Waals surface area contributed by atoms with Gasteiger partial charge in [0.2, 0.25) is 0 Å². The van der Waals surface area contributed by atoms with E-state index in [0.717, 1.165) is 23.3 Å². The maximum Gasteiger partial charge on any atom is 0.124 e. The Hall–Kier alpha value is -1.80. The lowest BCUT2D eigenvalue weighted by Gasteiger charge is -2.26. The molecule has 20 heavy (non-hydrogen) atoms. The molecule has 2 aromatic rings. The Labute approximate surface area is 121 Å². The van der Waals surface area contributed by atoms with E-state index in [9.17, 15) is 5.11 Å². The van der Waals surface area contributed by atoms with Gasteiger partial charge in [-0.05, 0) is 30.5 Å². The molecule has 2 heteroatoms. The van der Waals surface area contributed by atoms with Crippen molar-refractivity contribution in [2.24, 2.45) is 0 Å². The molecule has 0 aliphatic heterocycles. The lowest BCUT2D eigenvalue weighted by Crippen LogP contribution is -2.25. The Morgan fingerprint density at radius 2 is 1.60 bits per heavy atom. The summed E-state index contributed by atoms with van der Waals surface area (Å²) >= 11 is 0. The van der Waals surface area contributed by atoms with Crippen molar-refractivity contribution in [3.8, 4) is 5.75 Å². The van der Waals surface area contributed by atoms with Crippen LogP contribution >= 0.6 is 0 Å². The molecule has 0 fully saturated rings. The van der Waals surface area contributed by atoms with Gasteiger partial charge in [-0.2, -0.15) is 0 Å². The fraction of sp³-hybridized carbons (Fsp3) is 0.333. The minimum absolute atomic E-state index is 0.567. The van der Waals surface area contributed by atoms with E-state index >= 15 is 0 Å². The third-order valence-corrected chi connectivity index (χ3v) is 3.67. The molecule has 0 saturated carbocycles. The summed E-state index contributed by atoms with van der Waals surface area (Å²) in [5.74, 6) is 0.725. The van der Waals surface area contributed by atoms with Crippen LogP contribution in [0.5, 0.6) is 5.75 Å². The van der Waals surface area contributed by atoms with Crippen LogP contribution in [0, 0.1) is 0 Å². The second kappa shape index (κ2) is 6.10. The van der Waals surface area contributed by atoms with Crippen molar-refractivity contribution in [1.29, 1.82) is 0 Å². The molecule has 0 bridgehead atoms. The molecule has 2 rings (SSSR count). The average molecular weight is 270 g/mol. The first-order valence-corrected chi connectivity index (χ1v) is 7.00. The summed E-state index contributed by atoms with van der Waals surface area (Å²) in [4.78, 5) is 0. The first kappa shape index (κ1) is 14.6. The van der Waals surface area contributed by atoms with Gasteiger partial charge in [-0.25, -0.2) is 0 Å². The number of hydrogen-bond donors (Lipinski definition) is 1. The van der Waals surface area contributed by atoms with E-state index in [1.165, 1.54) is 5.56 Å². The number of hydrogen-bond acceptors (Lipinski definition) is 2. The molecule has 106 valence electrons. The number of rotatable bonds is 5. The first-order chi connectivity index (χ1) is 9.56. The summed E-state index contributed by atoms with van der Waals surface area (Å²) in [6.07, 6.45) is 1.60. The fourth-order valence-corrected chi connectivity index (χ4v) is 2.48. The zero-order valence-corrected chi connectivity index (χ0v) is 12.4. The molecular formula is C18H22O2. The quantitative estimate of drug-likeness (QED) is 0.897. The van der Waals surface area contributed by atoms with Crippen molar-refractivity contribution < 1.29 is 9.84 Å². The largest absolute Gasteiger partial charge is 0.496 e. The zero-order chi connectivity index (χ0) is 14.6. The molecule has 1 N–H and O–H groups in total. The van der Waals surface area contributed by atoms with Crippen LogP contribution in [0.25, 0.3) is 0 Å². The monoisotopic (exact) mass is 270 g/mol. The SMILES string of the molecule is CCc1ccc(CC(C)(O)c2ccccc2OC)cc1. The summed E-state index contributed by atoms with van der Waals surface area (Å²) in [5, 5.41) is 10.8. The molecule has 0 aromatic heterocycles. The van der Waals surface area contributed by atoms with E-state index in [2.05, 4.69) is 31.2 Å². The summed E-state index contributed by atoms with van der Waals surface area (Å²) in [6, 6.07) is 16.0. The second-order valence-corrected chi connectivity index (χ2v) is 5.32. The highest BCUT2D eigenvalue weighted by Gasteiger charge is 2.26. The third-order valence-electron chi connectivity index (χ3n) is 3.67. The first-order valence-electron chi connectivity index (χ1n) is 7.00. The Morgan fingerprint density at radius 1 is 1.00 bits per heavy atom. The predicted octanol–water partition coefficient (Wildman–Crippen LogP) is 3.71. The number of methoxy groups -OCH3 is 1. The van der Waals surface area contributed by atoms with Crippen molar-refractivity contribution in [1.82, 2.24) is 0 Å². The number of aliphatic hydroxyl groups is 1. The van der Waals surface area contributed by atoms with Crippen molar-refractivity contribution in [2.75, 3.05) is 7.11 Å². The predicted molar refractivity (Wildman–Crippen MR) is 82.1 cm³/mol. The summed E-state index contributed by atoms with van der Waals surface area (Å²) in [5.41, 5.74) is 2.31. The number of para-hydroxylation sites is 1. The van der Waals surface area contributed by atoms with Crippen LogP contribution in [0.4, 0.5) is 0 Å². The molecule has 1 unspecified atom stereocenters. The maximum atomic E-state index is 10.8. The molecule has 0 aliphatic carbocycles. The fourth-order valence-electron chi connectivity index (χ4n) is 2.48. The van der Waals surface area contributed by atoms with Gasteiger partial charge in [0.15, 0.2) is 0 Å². The van der Waals surface area contributed by atoms with Crippen molar-refractivity contribution in [3.05, 3.63) is 65.2 Å². The topological polar surface area (TPSA) is 29.5 Å². The molecule has 0 spiro atoms. The molecule has 2 nitrogen and oxygen atoms in total. The Balaban J connectivity index is 2.25. The Morgan fingerprint density at radius 3 is 2.20 bits per heavy atom. The van der Waals surface area contributed by atoms with Crippen molar-refractivity contribution >= 4 is 0 Å². The van der Waals surface area contributed by atoms with Crippen LogP contribution in [0.15, 0.2) is 48.5 Å². The number of aryl methyl sites for hydroxylation is 1. The highest BCUT2D eigenvalue weighted by atomic mass is 16.5. The summed E-state index contributed by atoms with van der Waals surface area (Å²) in [6.45, 7) is 3.97. The Kier molecular flexibility index (Phi) is 4.46. The highest BCUT2D eigenvalue weighted by molar-refractivity contribution is 5.39. The van der Waals surface area contributed by atoms with E-state index in [1.807, 2.05) is 31.2 Å². The molecular weight excluding hydrogens is 248 g/mol.